The highest BCUT2D eigenvalue weighted by Crippen LogP contribution is 2.44. The second-order valence-electron chi connectivity index (χ2n) is 11.1. The molecule has 2 amide bonds. The highest BCUT2D eigenvalue weighted by Gasteiger charge is 2.49. The summed E-state index contributed by atoms with van der Waals surface area (Å²) in [5.74, 6) is -0.251. The minimum Gasteiger partial charge on any atom is -0.508 e. The number of aliphatic hydroxyl groups excluding tert-OH is 1. The van der Waals surface area contributed by atoms with Crippen molar-refractivity contribution in [2.75, 3.05) is 46.9 Å². The van der Waals surface area contributed by atoms with E-state index in [1.54, 1.807) is 14.1 Å². The van der Waals surface area contributed by atoms with Gasteiger partial charge in [-0.1, -0.05) is 17.7 Å². The van der Waals surface area contributed by atoms with Gasteiger partial charge in [0.25, 0.3) is 5.91 Å². The Hall–Kier alpha value is -2.69. The van der Waals surface area contributed by atoms with Crippen molar-refractivity contribution in [2.45, 2.75) is 50.0 Å². The standard InChI is InChI=1S/C29H36ClN3O6/c1-31-27(36)25-4-3-13-33(25,2)28(37)23-7-6-21(34)15-26(23)38-18-22(35)16-32-11-9-29(10-12-32)24-8-5-20(30)14-19(24)17-39-29/h5-8,14-15,22,25,35H,3-4,9-13,16-18H2,1-2H3,(H-,31,34,36,37)/p+1/t22-,25-,33?/m0/s1. The summed E-state index contributed by atoms with van der Waals surface area (Å²) >= 11 is 6.15. The predicted octanol–water partition coefficient (Wildman–Crippen LogP) is 2.80. The smallest absolute Gasteiger partial charge is 0.350 e. The van der Waals surface area contributed by atoms with E-state index in [-0.39, 0.29) is 45.6 Å². The number of hydrogen-bond donors (Lipinski definition) is 3. The normalized spacial score (nSPS) is 24.9. The first kappa shape index (κ1) is 27.9. The molecule has 39 heavy (non-hydrogen) atoms. The van der Waals surface area contributed by atoms with E-state index in [1.807, 2.05) is 12.1 Å². The number of halogens is 1. The van der Waals surface area contributed by atoms with Crippen LogP contribution in [0.2, 0.25) is 5.02 Å². The first-order chi connectivity index (χ1) is 18.6. The molecule has 0 aliphatic carbocycles. The van der Waals surface area contributed by atoms with Gasteiger partial charge < -0.3 is 29.9 Å². The molecule has 2 aromatic carbocycles. The average Bonchev–Trinajstić information content (AvgIpc) is 3.49. The molecule has 0 bridgehead atoms. The fourth-order valence-corrected chi connectivity index (χ4v) is 6.60. The molecule has 3 aliphatic rings. The molecule has 0 aromatic heterocycles. The van der Waals surface area contributed by atoms with Crippen LogP contribution in [0.4, 0.5) is 0 Å². The monoisotopic (exact) mass is 558 g/mol. The van der Waals surface area contributed by atoms with Crippen LogP contribution in [0.1, 0.15) is 47.2 Å². The number of carbonyl (C=O) groups is 2. The van der Waals surface area contributed by atoms with Crippen molar-refractivity contribution in [2.24, 2.45) is 0 Å². The lowest BCUT2D eigenvalue weighted by Gasteiger charge is -2.39. The zero-order chi connectivity index (χ0) is 27.8. The van der Waals surface area contributed by atoms with Crippen LogP contribution >= 0.6 is 11.6 Å². The molecule has 10 heteroatoms. The maximum Gasteiger partial charge on any atom is 0.350 e. The van der Waals surface area contributed by atoms with Gasteiger partial charge in [0.05, 0.1) is 25.8 Å². The van der Waals surface area contributed by atoms with E-state index >= 15 is 0 Å². The Morgan fingerprint density at radius 2 is 2.03 bits per heavy atom. The molecule has 3 aliphatic heterocycles. The van der Waals surface area contributed by atoms with Gasteiger partial charge in [0, 0.05) is 50.6 Å². The number of carbonyl (C=O) groups excluding carboxylic acids is 2. The third kappa shape index (κ3) is 5.38. The molecule has 1 spiro atoms. The Kier molecular flexibility index (Phi) is 7.90. The maximum atomic E-state index is 13.7. The van der Waals surface area contributed by atoms with Gasteiger partial charge in [-0.2, -0.15) is 0 Å². The number of hydrogen-bond acceptors (Lipinski definition) is 7. The minimum absolute atomic E-state index is 0.0359. The lowest BCUT2D eigenvalue weighted by molar-refractivity contribution is -0.831. The molecule has 3 atom stereocenters. The topological polar surface area (TPSA) is 108 Å². The number of piperidine rings is 1. The van der Waals surface area contributed by atoms with Crippen LogP contribution in [0.25, 0.3) is 0 Å². The number of likely N-dealkylation sites (tertiary alicyclic amines) is 2. The fourth-order valence-electron chi connectivity index (χ4n) is 6.40. The van der Waals surface area contributed by atoms with E-state index in [0.717, 1.165) is 37.9 Å². The van der Waals surface area contributed by atoms with Crippen LogP contribution in [0.15, 0.2) is 36.4 Å². The zero-order valence-electron chi connectivity index (χ0n) is 22.5. The number of benzene rings is 2. The summed E-state index contributed by atoms with van der Waals surface area (Å²) in [5.41, 5.74) is 2.35. The molecule has 2 saturated heterocycles. The third-order valence-corrected chi connectivity index (χ3v) is 8.86. The summed E-state index contributed by atoms with van der Waals surface area (Å²) in [7, 11) is 3.34. The first-order valence-corrected chi connectivity index (χ1v) is 13.9. The zero-order valence-corrected chi connectivity index (χ0v) is 23.2. The number of phenolic OH excluding ortho intramolecular Hbond substituents is 1. The molecular formula is C29H37ClN3O6+. The second kappa shape index (κ2) is 11.1. The van der Waals surface area contributed by atoms with Gasteiger partial charge in [-0.15, -0.1) is 0 Å². The first-order valence-electron chi connectivity index (χ1n) is 13.6. The number of β-amino-alcohol motifs (C(OH)–C–C–N with tert-alkyl or cyclic N) is 1. The average molecular weight is 559 g/mol. The third-order valence-electron chi connectivity index (χ3n) is 8.62. The number of amides is 2. The number of phenols is 1. The Morgan fingerprint density at radius 1 is 1.26 bits per heavy atom. The molecular weight excluding hydrogens is 522 g/mol. The largest absolute Gasteiger partial charge is 0.508 e. The quantitative estimate of drug-likeness (QED) is 0.448. The van der Waals surface area contributed by atoms with Gasteiger partial charge in [0.15, 0.2) is 6.04 Å². The SMILES string of the molecule is CNC(=O)[C@@H]1CCC[N+]1(C)C(=O)c1ccc(O)cc1OC[C@@H](O)CN1CCC2(CC1)OCc1cc(Cl)ccc12. The molecule has 5 rings (SSSR count). The fraction of sp³-hybridized carbons (Fsp3) is 0.517. The van der Waals surface area contributed by atoms with E-state index in [2.05, 4.69) is 16.3 Å². The van der Waals surface area contributed by atoms with E-state index in [9.17, 15) is 19.8 Å². The van der Waals surface area contributed by atoms with Crippen LogP contribution in [-0.4, -0.2) is 90.4 Å². The van der Waals surface area contributed by atoms with Crippen LogP contribution < -0.4 is 10.1 Å². The van der Waals surface area contributed by atoms with Crippen molar-refractivity contribution < 1.29 is 33.8 Å². The van der Waals surface area contributed by atoms with Crippen LogP contribution in [0, 0.1) is 0 Å². The van der Waals surface area contributed by atoms with Crippen molar-refractivity contribution in [1.29, 1.82) is 0 Å². The van der Waals surface area contributed by atoms with E-state index < -0.39 is 12.1 Å². The van der Waals surface area contributed by atoms with Crippen molar-refractivity contribution in [3.63, 3.8) is 0 Å². The van der Waals surface area contributed by atoms with Gasteiger partial charge in [0.1, 0.15) is 29.8 Å². The lowest BCUT2D eigenvalue weighted by atomic mass is 9.84. The summed E-state index contributed by atoms with van der Waals surface area (Å²) in [4.78, 5) is 28.3. The number of ether oxygens (including phenoxy) is 2. The number of nitrogens with zero attached hydrogens (tertiary/aromatic N) is 2. The molecule has 9 nitrogen and oxygen atoms in total. The van der Waals surface area contributed by atoms with Crippen molar-refractivity contribution in [1.82, 2.24) is 10.2 Å². The van der Waals surface area contributed by atoms with Crippen LogP contribution in [0.3, 0.4) is 0 Å². The summed E-state index contributed by atoms with van der Waals surface area (Å²) in [6.45, 7) is 3.03. The predicted molar refractivity (Wildman–Crippen MR) is 146 cm³/mol. The van der Waals surface area contributed by atoms with E-state index in [4.69, 9.17) is 21.1 Å². The van der Waals surface area contributed by atoms with E-state index in [1.165, 1.54) is 23.8 Å². The van der Waals surface area contributed by atoms with Gasteiger partial charge in [-0.3, -0.25) is 4.79 Å². The Bertz CT molecular complexity index is 1250. The molecule has 210 valence electrons. The van der Waals surface area contributed by atoms with Gasteiger partial charge in [-0.05, 0) is 48.2 Å². The number of rotatable bonds is 7. The molecule has 2 aromatic rings. The number of fused-ring (bicyclic) bond motifs is 2. The number of likely N-dealkylation sites (N-methyl/N-ethyl adjacent to an activating group) is 2. The number of quaternary nitrogens is 1. The Morgan fingerprint density at radius 3 is 2.77 bits per heavy atom. The van der Waals surface area contributed by atoms with Crippen LogP contribution in [0.5, 0.6) is 11.5 Å². The number of aliphatic hydroxyl groups is 1. The van der Waals surface area contributed by atoms with Crippen molar-refractivity contribution in [3.05, 3.63) is 58.1 Å². The Labute approximate surface area is 233 Å². The van der Waals surface area contributed by atoms with Gasteiger partial charge in [0.2, 0.25) is 0 Å². The number of nitrogens with one attached hydrogen (secondary N) is 1. The molecule has 3 N–H and O–H groups in total. The highest BCUT2D eigenvalue weighted by atomic mass is 35.5. The molecule has 0 radical (unpaired) electrons. The highest BCUT2D eigenvalue weighted by molar-refractivity contribution is 6.30. The summed E-state index contributed by atoms with van der Waals surface area (Å²) < 4.78 is 12.1. The minimum atomic E-state index is -0.796. The summed E-state index contributed by atoms with van der Waals surface area (Å²) in [6, 6.07) is 9.83. The van der Waals surface area contributed by atoms with Gasteiger partial charge >= 0.3 is 5.91 Å². The van der Waals surface area contributed by atoms with Crippen molar-refractivity contribution in [3.8, 4) is 11.5 Å². The Balaban J connectivity index is 1.20. The molecule has 0 saturated carbocycles. The molecule has 2 fully saturated rings. The van der Waals surface area contributed by atoms with E-state index in [0.29, 0.717) is 31.1 Å². The second-order valence-corrected chi connectivity index (χ2v) is 11.5. The molecule has 1 unspecified atom stereocenters. The number of aromatic hydroxyl groups is 1. The maximum absolute atomic E-state index is 13.7. The summed E-state index contributed by atoms with van der Waals surface area (Å²) in [6.07, 6.45) is 2.23. The van der Waals surface area contributed by atoms with Crippen molar-refractivity contribution >= 4 is 23.4 Å². The molecule has 3 heterocycles. The van der Waals surface area contributed by atoms with Crippen LogP contribution in [-0.2, 0) is 21.7 Å². The van der Waals surface area contributed by atoms with Gasteiger partial charge in [-0.25, -0.2) is 9.28 Å². The summed E-state index contributed by atoms with van der Waals surface area (Å²) in [5, 5.41) is 24.3. The lowest BCUT2D eigenvalue weighted by Crippen LogP contribution is -2.58.